The van der Waals surface area contributed by atoms with Crippen molar-refractivity contribution in [1.82, 2.24) is 0 Å². The molecule has 0 aliphatic rings. The molecule has 1 aromatic rings. The Balaban J connectivity index is 3.19. The number of alkyl halides is 1. The van der Waals surface area contributed by atoms with E-state index in [2.05, 4.69) is 59.7 Å². The summed E-state index contributed by atoms with van der Waals surface area (Å²) in [4.78, 5) is 0. The molecule has 0 spiro atoms. The Morgan fingerprint density at radius 3 is 1.89 bits per heavy atom. The standard InChI is InChI=1S/C18H29Cl/c1-7-14(8-2)18(19)16-10-9-15(12(3)4)11-17(16)13(5)6/h9-14,18H,7-8H2,1-6H3. The van der Waals surface area contributed by atoms with E-state index in [-0.39, 0.29) is 5.38 Å². The van der Waals surface area contributed by atoms with Gasteiger partial charge in [-0.3, -0.25) is 0 Å². The summed E-state index contributed by atoms with van der Waals surface area (Å²) < 4.78 is 0. The van der Waals surface area contributed by atoms with Crippen molar-refractivity contribution in [2.75, 3.05) is 0 Å². The molecule has 1 rings (SSSR count). The fourth-order valence-corrected chi connectivity index (χ4v) is 3.22. The van der Waals surface area contributed by atoms with Gasteiger partial charge in [0.2, 0.25) is 0 Å². The first-order valence-corrected chi connectivity index (χ1v) is 8.13. The smallest absolute Gasteiger partial charge is 0.0615 e. The van der Waals surface area contributed by atoms with Crippen LogP contribution in [-0.4, -0.2) is 0 Å². The highest BCUT2D eigenvalue weighted by Crippen LogP contribution is 2.38. The van der Waals surface area contributed by atoms with Crippen LogP contribution < -0.4 is 0 Å². The molecule has 0 nitrogen and oxygen atoms in total. The molecule has 0 radical (unpaired) electrons. The summed E-state index contributed by atoms with van der Waals surface area (Å²) in [5.74, 6) is 1.68. The fourth-order valence-electron chi connectivity index (χ4n) is 2.66. The molecule has 0 saturated carbocycles. The molecule has 0 aliphatic heterocycles. The first kappa shape index (κ1) is 16.6. The van der Waals surface area contributed by atoms with Crippen LogP contribution in [0.25, 0.3) is 0 Å². The van der Waals surface area contributed by atoms with Crippen LogP contribution in [0.5, 0.6) is 0 Å². The van der Waals surface area contributed by atoms with Crippen molar-refractivity contribution in [1.29, 1.82) is 0 Å². The molecule has 108 valence electrons. The Kier molecular flexibility index (Phi) is 6.39. The normalized spacial score (nSPS) is 13.6. The average molecular weight is 281 g/mol. The van der Waals surface area contributed by atoms with Gasteiger partial charge in [0.25, 0.3) is 0 Å². The van der Waals surface area contributed by atoms with Crippen molar-refractivity contribution in [2.24, 2.45) is 5.92 Å². The van der Waals surface area contributed by atoms with Gasteiger partial charge in [-0.1, -0.05) is 72.6 Å². The molecule has 0 fully saturated rings. The van der Waals surface area contributed by atoms with Gasteiger partial charge >= 0.3 is 0 Å². The lowest BCUT2D eigenvalue weighted by Gasteiger charge is -2.24. The minimum atomic E-state index is 0.147. The summed E-state index contributed by atoms with van der Waals surface area (Å²) in [5, 5.41) is 0.147. The van der Waals surface area contributed by atoms with Crippen LogP contribution in [-0.2, 0) is 0 Å². The van der Waals surface area contributed by atoms with Crippen LogP contribution in [0.2, 0.25) is 0 Å². The van der Waals surface area contributed by atoms with Crippen molar-refractivity contribution in [3.8, 4) is 0 Å². The van der Waals surface area contributed by atoms with Crippen molar-refractivity contribution < 1.29 is 0 Å². The fraction of sp³-hybridized carbons (Fsp3) is 0.667. The summed E-state index contributed by atoms with van der Waals surface area (Å²) in [6.07, 6.45) is 2.29. The molecule has 1 unspecified atom stereocenters. The molecular formula is C18H29Cl. The lowest BCUT2D eigenvalue weighted by Crippen LogP contribution is -2.10. The summed E-state index contributed by atoms with van der Waals surface area (Å²) >= 11 is 6.75. The van der Waals surface area contributed by atoms with E-state index < -0.39 is 0 Å². The molecule has 0 amide bonds. The summed E-state index contributed by atoms with van der Waals surface area (Å²) in [7, 11) is 0. The summed E-state index contributed by atoms with van der Waals surface area (Å²) in [6.45, 7) is 13.5. The highest BCUT2D eigenvalue weighted by molar-refractivity contribution is 6.21. The van der Waals surface area contributed by atoms with Gasteiger partial charge in [-0.05, 0) is 34.4 Å². The van der Waals surface area contributed by atoms with Gasteiger partial charge in [-0.25, -0.2) is 0 Å². The molecule has 0 aromatic heterocycles. The van der Waals surface area contributed by atoms with Crippen LogP contribution in [0.15, 0.2) is 18.2 Å². The van der Waals surface area contributed by atoms with Crippen LogP contribution in [0.1, 0.15) is 88.3 Å². The second-order valence-electron chi connectivity index (χ2n) is 6.18. The maximum absolute atomic E-state index is 6.75. The summed E-state index contributed by atoms with van der Waals surface area (Å²) in [5.41, 5.74) is 4.19. The van der Waals surface area contributed by atoms with Crippen LogP contribution in [0.3, 0.4) is 0 Å². The molecule has 0 bridgehead atoms. The second-order valence-corrected chi connectivity index (χ2v) is 6.65. The molecule has 1 aromatic carbocycles. The first-order chi connectivity index (χ1) is 8.92. The Hall–Kier alpha value is -0.490. The van der Waals surface area contributed by atoms with Gasteiger partial charge in [-0.15, -0.1) is 11.6 Å². The minimum Gasteiger partial charge on any atom is -0.118 e. The Bertz CT molecular complexity index is 389. The average Bonchev–Trinajstić information content (AvgIpc) is 2.39. The highest BCUT2D eigenvalue weighted by Gasteiger charge is 2.22. The van der Waals surface area contributed by atoms with Crippen molar-refractivity contribution in [2.45, 2.75) is 71.6 Å². The van der Waals surface area contributed by atoms with Gasteiger partial charge in [0.1, 0.15) is 0 Å². The van der Waals surface area contributed by atoms with Gasteiger partial charge in [0.05, 0.1) is 5.38 Å². The number of benzene rings is 1. The molecule has 0 aliphatic carbocycles. The third kappa shape index (κ3) is 3.99. The molecule has 19 heavy (non-hydrogen) atoms. The molecule has 0 heterocycles. The third-order valence-electron chi connectivity index (χ3n) is 4.16. The van der Waals surface area contributed by atoms with E-state index >= 15 is 0 Å². The molecule has 1 heteroatoms. The van der Waals surface area contributed by atoms with E-state index in [0.717, 1.165) is 12.8 Å². The highest BCUT2D eigenvalue weighted by atomic mass is 35.5. The number of rotatable bonds is 6. The summed E-state index contributed by atoms with van der Waals surface area (Å²) in [6, 6.07) is 6.88. The van der Waals surface area contributed by atoms with E-state index in [9.17, 15) is 0 Å². The monoisotopic (exact) mass is 280 g/mol. The lowest BCUT2D eigenvalue weighted by molar-refractivity contribution is 0.473. The number of hydrogen-bond donors (Lipinski definition) is 0. The minimum absolute atomic E-state index is 0.147. The van der Waals surface area contributed by atoms with Gasteiger partial charge < -0.3 is 0 Å². The van der Waals surface area contributed by atoms with Crippen molar-refractivity contribution in [3.63, 3.8) is 0 Å². The zero-order chi connectivity index (χ0) is 14.6. The quantitative estimate of drug-likeness (QED) is 0.512. The molecule has 0 saturated heterocycles. The predicted molar refractivity (Wildman–Crippen MR) is 87.3 cm³/mol. The van der Waals surface area contributed by atoms with E-state index in [1.54, 1.807) is 0 Å². The zero-order valence-corrected chi connectivity index (χ0v) is 14.1. The third-order valence-corrected chi connectivity index (χ3v) is 4.75. The number of hydrogen-bond acceptors (Lipinski definition) is 0. The van der Waals surface area contributed by atoms with Gasteiger partial charge in [0.15, 0.2) is 0 Å². The second kappa shape index (κ2) is 7.33. The zero-order valence-electron chi connectivity index (χ0n) is 13.3. The SMILES string of the molecule is CCC(CC)C(Cl)c1ccc(C(C)C)cc1C(C)C. The molecular weight excluding hydrogens is 252 g/mol. The molecule has 1 atom stereocenters. The molecule has 0 N–H and O–H groups in total. The first-order valence-electron chi connectivity index (χ1n) is 7.70. The van der Waals surface area contributed by atoms with Gasteiger partial charge in [-0.2, -0.15) is 0 Å². The van der Waals surface area contributed by atoms with Crippen LogP contribution >= 0.6 is 11.6 Å². The van der Waals surface area contributed by atoms with Crippen LogP contribution in [0, 0.1) is 5.92 Å². The topological polar surface area (TPSA) is 0 Å². The Labute approximate surface area is 124 Å². The van der Waals surface area contributed by atoms with E-state index in [1.165, 1.54) is 16.7 Å². The predicted octanol–water partition coefficient (Wildman–Crippen LogP) is 6.65. The largest absolute Gasteiger partial charge is 0.118 e. The lowest BCUT2D eigenvalue weighted by atomic mass is 9.85. The van der Waals surface area contributed by atoms with Crippen LogP contribution in [0.4, 0.5) is 0 Å². The van der Waals surface area contributed by atoms with Crippen molar-refractivity contribution in [3.05, 3.63) is 34.9 Å². The van der Waals surface area contributed by atoms with Gasteiger partial charge in [0, 0.05) is 0 Å². The van der Waals surface area contributed by atoms with E-state index in [0.29, 0.717) is 17.8 Å². The van der Waals surface area contributed by atoms with Crippen molar-refractivity contribution >= 4 is 11.6 Å². The Morgan fingerprint density at radius 1 is 0.895 bits per heavy atom. The maximum Gasteiger partial charge on any atom is 0.0615 e. The van der Waals surface area contributed by atoms with E-state index in [4.69, 9.17) is 11.6 Å². The maximum atomic E-state index is 6.75. The van der Waals surface area contributed by atoms with E-state index in [1.807, 2.05) is 0 Å². The Morgan fingerprint density at radius 2 is 1.47 bits per heavy atom. The number of halogens is 1.